The molecule has 0 saturated heterocycles. The Morgan fingerprint density at radius 2 is 2.25 bits per heavy atom. The van der Waals surface area contributed by atoms with E-state index in [4.69, 9.17) is 10.2 Å². The Morgan fingerprint density at radius 3 is 3.00 bits per heavy atom. The quantitative estimate of drug-likeness (QED) is 0.650. The molecule has 0 saturated carbocycles. The van der Waals surface area contributed by atoms with Crippen molar-refractivity contribution in [1.82, 2.24) is 15.0 Å². The second-order valence-electron chi connectivity index (χ2n) is 3.56. The van der Waals surface area contributed by atoms with Gasteiger partial charge in [-0.2, -0.15) is 0 Å². The molecule has 0 amide bonds. The fourth-order valence-corrected chi connectivity index (χ4v) is 1.80. The number of hydrogen-bond acceptors (Lipinski definition) is 4. The van der Waals surface area contributed by atoms with Crippen LogP contribution in [0.1, 0.15) is 5.82 Å². The summed E-state index contributed by atoms with van der Waals surface area (Å²) < 4.78 is 5.34. The minimum atomic E-state index is 0.468. The van der Waals surface area contributed by atoms with E-state index in [9.17, 15) is 0 Å². The first-order valence-electron chi connectivity index (χ1n) is 4.91. The molecule has 0 unspecified atom stereocenters. The smallest absolute Gasteiger partial charge is 0.143 e. The van der Waals surface area contributed by atoms with Gasteiger partial charge in [0, 0.05) is 11.8 Å². The number of aryl methyl sites for hydroxylation is 1. The largest absolute Gasteiger partial charge is 0.464 e. The second kappa shape index (κ2) is 3.10. The molecule has 0 spiro atoms. The summed E-state index contributed by atoms with van der Waals surface area (Å²) in [6.07, 6.45) is 3.45. The molecule has 3 heterocycles. The highest BCUT2D eigenvalue weighted by molar-refractivity contribution is 5.99. The molecule has 0 aliphatic rings. The van der Waals surface area contributed by atoms with Crippen LogP contribution in [-0.4, -0.2) is 15.0 Å². The van der Waals surface area contributed by atoms with Crippen molar-refractivity contribution in [3.8, 4) is 11.3 Å². The summed E-state index contributed by atoms with van der Waals surface area (Å²) in [5.41, 5.74) is 7.51. The molecule has 3 aromatic heterocycles. The zero-order chi connectivity index (χ0) is 11.1. The number of fused-ring (bicyclic) bond motifs is 1. The number of furan rings is 1. The first kappa shape index (κ1) is 8.96. The molecule has 5 heteroatoms. The normalized spacial score (nSPS) is 11.1. The van der Waals surface area contributed by atoms with Gasteiger partial charge in [-0.1, -0.05) is 0 Å². The van der Waals surface area contributed by atoms with E-state index in [1.165, 1.54) is 0 Å². The molecule has 5 nitrogen and oxygen atoms in total. The van der Waals surface area contributed by atoms with Crippen LogP contribution in [0.2, 0.25) is 0 Å². The summed E-state index contributed by atoms with van der Waals surface area (Å²) in [6, 6.07) is 3.71. The van der Waals surface area contributed by atoms with E-state index in [-0.39, 0.29) is 0 Å². The minimum absolute atomic E-state index is 0.468. The van der Waals surface area contributed by atoms with Gasteiger partial charge in [-0.25, -0.2) is 9.97 Å². The van der Waals surface area contributed by atoms with Gasteiger partial charge in [-0.05, 0) is 19.1 Å². The van der Waals surface area contributed by atoms with Gasteiger partial charge in [0.05, 0.1) is 11.6 Å². The average Bonchev–Trinajstić information content (AvgIpc) is 2.82. The number of nitrogen functional groups attached to an aromatic ring is 1. The highest BCUT2D eigenvalue weighted by Gasteiger charge is 2.13. The maximum Gasteiger partial charge on any atom is 0.143 e. The van der Waals surface area contributed by atoms with E-state index in [1.807, 2.05) is 25.3 Å². The average molecular weight is 214 g/mol. The maximum absolute atomic E-state index is 5.90. The van der Waals surface area contributed by atoms with Crippen molar-refractivity contribution in [3.05, 3.63) is 30.4 Å². The molecule has 3 aromatic rings. The van der Waals surface area contributed by atoms with Gasteiger partial charge in [0.2, 0.25) is 0 Å². The number of nitrogens with two attached hydrogens (primary N) is 1. The Bertz CT molecular complexity index is 639. The molecule has 0 aliphatic heterocycles. The van der Waals surface area contributed by atoms with Gasteiger partial charge < -0.3 is 15.1 Å². The summed E-state index contributed by atoms with van der Waals surface area (Å²) in [6.45, 7) is 1.81. The van der Waals surface area contributed by atoms with Crippen molar-refractivity contribution < 1.29 is 4.42 Å². The topological polar surface area (TPSA) is 80.7 Å². The number of H-pyrrole nitrogens is 1. The van der Waals surface area contributed by atoms with E-state index < -0.39 is 0 Å². The predicted molar refractivity (Wildman–Crippen MR) is 60.7 cm³/mol. The molecule has 3 rings (SSSR count). The van der Waals surface area contributed by atoms with E-state index in [2.05, 4.69) is 15.0 Å². The van der Waals surface area contributed by atoms with Crippen LogP contribution in [0.15, 0.2) is 29.0 Å². The van der Waals surface area contributed by atoms with Crippen LogP contribution in [0.4, 0.5) is 5.82 Å². The van der Waals surface area contributed by atoms with E-state index >= 15 is 0 Å². The molecular weight excluding hydrogens is 204 g/mol. The number of nitrogens with zero attached hydrogens (tertiary/aromatic N) is 2. The Morgan fingerprint density at radius 1 is 1.38 bits per heavy atom. The molecule has 0 fully saturated rings. The number of rotatable bonds is 1. The minimum Gasteiger partial charge on any atom is -0.464 e. The Hall–Kier alpha value is -2.30. The van der Waals surface area contributed by atoms with Crippen molar-refractivity contribution in [3.63, 3.8) is 0 Å². The summed E-state index contributed by atoms with van der Waals surface area (Å²) >= 11 is 0. The van der Waals surface area contributed by atoms with Gasteiger partial charge in [0.15, 0.2) is 0 Å². The van der Waals surface area contributed by atoms with Gasteiger partial charge in [-0.3, -0.25) is 0 Å². The van der Waals surface area contributed by atoms with Crippen LogP contribution in [-0.2, 0) is 0 Å². The van der Waals surface area contributed by atoms with Gasteiger partial charge in [0.25, 0.3) is 0 Å². The zero-order valence-electron chi connectivity index (χ0n) is 8.69. The highest BCUT2D eigenvalue weighted by Crippen LogP contribution is 2.30. The number of aromatic amines is 1. The summed E-state index contributed by atoms with van der Waals surface area (Å²) in [4.78, 5) is 11.5. The standard InChI is InChI=1S/C11H10N4O/c1-6-14-10(12)9-7(5-13-11(9)15-6)8-3-2-4-16-8/h2-5H,1H3,(H3,12,13,14,15). The molecule has 0 aliphatic carbocycles. The highest BCUT2D eigenvalue weighted by atomic mass is 16.3. The molecule has 0 atom stereocenters. The van der Waals surface area contributed by atoms with Crippen LogP contribution in [0.3, 0.4) is 0 Å². The Balaban J connectivity index is 2.36. The number of anilines is 1. The fraction of sp³-hybridized carbons (Fsp3) is 0.0909. The van der Waals surface area contributed by atoms with Crippen molar-refractivity contribution in [2.75, 3.05) is 5.73 Å². The van der Waals surface area contributed by atoms with Crippen LogP contribution in [0.5, 0.6) is 0 Å². The van der Waals surface area contributed by atoms with Gasteiger partial charge in [-0.15, -0.1) is 0 Å². The first-order chi connectivity index (χ1) is 7.75. The van der Waals surface area contributed by atoms with Crippen LogP contribution < -0.4 is 5.73 Å². The SMILES string of the molecule is Cc1nc(N)c2c(-c3ccco3)c[nH]c2n1. The number of nitrogens with one attached hydrogen (secondary N) is 1. The molecule has 0 bridgehead atoms. The van der Waals surface area contributed by atoms with Crippen LogP contribution in [0, 0.1) is 6.92 Å². The molecule has 0 aromatic carbocycles. The predicted octanol–water partition coefficient (Wildman–Crippen LogP) is 2.11. The molecule has 16 heavy (non-hydrogen) atoms. The van der Waals surface area contributed by atoms with E-state index in [1.54, 1.807) is 6.26 Å². The van der Waals surface area contributed by atoms with Crippen molar-refractivity contribution in [2.45, 2.75) is 6.92 Å². The second-order valence-corrected chi connectivity index (χ2v) is 3.56. The third-order valence-corrected chi connectivity index (χ3v) is 2.46. The van der Waals surface area contributed by atoms with E-state index in [0.29, 0.717) is 11.6 Å². The van der Waals surface area contributed by atoms with Crippen LogP contribution >= 0.6 is 0 Å². The van der Waals surface area contributed by atoms with Gasteiger partial charge >= 0.3 is 0 Å². The third kappa shape index (κ3) is 1.18. The lowest BCUT2D eigenvalue weighted by molar-refractivity contribution is 0.583. The molecule has 3 N–H and O–H groups in total. The summed E-state index contributed by atoms with van der Waals surface area (Å²) in [7, 11) is 0. The first-order valence-corrected chi connectivity index (χ1v) is 4.91. The van der Waals surface area contributed by atoms with Crippen molar-refractivity contribution >= 4 is 16.9 Å². The van der Waals surface area contributed by atoms with Crippen molar-refractivity contribution in [1.29, 1.82) is 0 Å². The summed E-state index contributed by atoms with van der Waals surface area (Å²) in [5.74, 6) is 1.87. The van der Waals surface area contributed by atoms with Gasteiger partial charge in [0.1, 0.15) is 23.0 Å². The Kier molecular flexibility index (Phi) is 1.73. The fourth-order valence-electron chi connectivity index (χ4n) is 1.80. The number of aromatic nitrogens is 3. The summed E-state index contributed by atoms with van der Waals surface area (Å²) in [5, 5.41) is 0.806. The van der Waals surface area contributed by atoms with Crippen molar-refractivity contribution in [2.24, 2.45) is 0 Å². The molecular formula is C11H10N4O. The lowest BCUT2D eigenvalue weighted by Crippen LogP contribution is -1.96. The number of hydrogen-bond donors (Lipinski definition) is 2. The molecule has 0 radical (unpaired) electrons. The lowest BCUT2D eigenvalue weighted by Gasteiger charge is -1.99. The lowest BCUT2D eigenvalue weighted by atomic mass is 10.2. The maximum atomic E-state index is 5.90. The van der Waals surface area contributed by atoms with E-state index in [0.717, 1.165) is 22.4 Å². The third-order valence-electron chi connectivity index (χ3n) is 2.46. The van der Waals surface area contributed by atoms with Crippen LogP contribution in [0.25, 0.3) is 22.4 Å². The molecule has 80 valence electrons. The Labute approximate surface area is 91.3 Å². The zero-order valence-corrected chi connectivity index (χ0v) is 8.69. The monoisotopic (exact) mass is 214 g/mol.